The number of carboxylic acid groups (broad SMARTS) is 1. The van der Waals surface area contributed by atoms with Crippen LogP contribution in [0, 0.1) is 11.3 Å². The Morgan fingerprint density at radius 3 is 2.94 bits per heavy atom. The molecule has 1 atom stereocenters. The summed E-state index contributed by atoms with van der Waals surface area (Å²) in [4.78, 5) is 13.6. The Morgan fingerprint density at radius 2 is 2.28 bits per heavy atom. The Hall–Kier alpha value is -1.99. The van der Waals surface area contributed by atoms with Gasteiger partial charge >= 0.3 is 5.97 Å². The maximum absolute atomic E-state index is 10.8. The molecular formula is C13H11ClN2O2. The molecule has 2 N–H and O–H groups in total. The summed E-state index contributed by atoms with van der Waals surface area (Å²) in [6, 6.07) is 9.24. The van der Waals surface area contributed by atoms with Gasteiger partial charge in [0.2, 0.25) is 0 Å². The van der Waals surface area contributed by atoms with Gasteiger partial charge in [-0.1, -0.05) is 6.07 Å². The largest absolute Gasteiger partial charge is 0.477 e. The standard InChI is InChI=1S/C13H11ClN2O2/c14-10(7-15)3-1-8-2-4-11-9(5-8)6-12(16-11)13(17)18/h2,4-6,10,16H,1,3H2,(H,17,18). The number of nitrogens with one attached hydrogen (secondary N) is 1. The van der Waals surface area contributed by atoms with Crippen LogP contribution in [-0.2, 0) is 6.42 Å². The van der Waals surface area contributed by atoms with Crippen molar-refractivity contribution in [2.24, 2.45) is 0 Å². The Labute approximate surface area is 109 Å². The van der Waals surface area contributed by atoms with Crippen LogP contribution in [0.2, 0.25) is 0 Å². The summed E-state index contributed by atoms with van der Waals surface area (Å²) in [5.74, 6) is -0.974. The second-order valence-electron chi connectivity index (χ2n) is 4.05. The number of aromatic carboxylic acids is 1. The number of H-pyrrole nitrogens is 1. The molecule has 0 saturated carbocycles. The van der Waals surface area contributed by atoms with Crippen LogP contribution < -0.4 is 0 Å². The normalized spacial score (nSPS) is 12.2. The second kappa shape index (κ2) is 5.11. The summed E-state index contributed by atoms with van der Waals surface area (Å²) in [6.07, 6.45) is 1.28. The lowest BCUT2D eigenvalue weighted by Crippen LogP contribution is -1.96. The first-order valence-corrected chi connectivity index (χ1v) is 5.92. The summed E-state index contributed by atoms with van der Waals surface area (Å²) in [5.41, 5.74) is 2.01. The third-order valence-corrected chi connectivity index (χ3v) is 3.06. The zero-order chi connectivity index (χ0) is 13.1. The Morgan fingerprint density at radius 1 is 1.50 bits per heavy atom. The first kappa shape index (κ1) is 12.5. The zero-order valence-corrected chi connectivity index (χ0v) is 10.2. The van der Waals surface area contributed by atoms with Crippen LogP contribution in [0.3, 0.4) is 0 Å². The number of rotatable bonds is 4. The van der Waals surface area contributed by atoms with Crippen LogP contribution in [0.5, 0.6) is 0 Å². The number of alkyl halides is 1. The molecule has 0 aliphatic heterocycles. The number of carboxylic acids is 1. The number of aromatic nitrogens is 1. The van der Waals surface area contributed by atoms with E-state index in [1.807, 2.05) is 24.3 Å². The monoisotopic (exact) mass is 262 g/mol. The van der Waals surface area contributed by atoms with Crippen molar-refractivity contribution >= 4 is 28.5 Å². The molecule has 5 heteroatoms. The minimum absolute atomic E-state index is 0.175. The molecule has 1 aromatic carbocycles. The topological polar surface area (TPSA) is 76.9 Å². The highest BCUT2D eigenvalue weighted by molar-refractivity contribution is 6.22. The summed E-state index contributed by atoms with van der Waals surface area (Å²) < 4.78 is 0. The molecule has 1 aromatic heterocycles. The summed E-state index contributed by atoms with van der Waals surface area (Å²) in [5, 5.41) is 17.8. The van der Waals surface area contributed by atoms with Crippen LogP contribution >= 0.6 is 11.6 Å². The highest BCUT2D eigenvalue weighted by atomic mass is 35.5. The van der Waals surface area contributed by atoms with E-state index in [1.54, 1.807) is 6.07 Å². The molecular weight excluding hydrogens is 252 g/mol. The Balaban J connectivity index is 2.22. The molecule has 2 rings (SSSR count). The van der Waals surface area contributed by atoms with E-state index >= 15 is 0 Å². The van der Waals surface area contributed by atoms with Crippen LogP contribution in [0.25, 0.3) is 10.9 Å². The summed E-state index contributed by atoms with van der Waals surface area (Å²) >= 11 is 5.73. The SMILES string of the molecule is N#CC(Cl)CCc1ccc2[nH]c(C(=O)O)cc2c1. The van der Waals surface area contributed by atoms with Gasteiger partial charge in [-0.3, -0.25) is 0 Å². The molecule has 0 aliphatic carbocycles. The van der Waals surface area contributed by atoms with Gasteiger partial charge in [-0.25, -0.2) is 4.79 Å². The molecule has 0 spiro atoms. The average molecular weight is 263 g/mol. The van der Waals surface area contributed by atoms with Crippen LogP contribution in [0.4, 0.5) is 0 Å². The molecule has 0 fully saturated rings. The van der Waals surface area contributed by atoms with Crippen molar-refractivity contribution in [2.45, 2.75) is 18.2 Å². The molecule has 1 unspecified atom stereocenters. The van der Waals surface area contributed by atoms with E-state index in [2.05, 4.69) is 4.98 Å². The smallest absolute Gasteiger partial charge is 0.352 e. The van der Waals surface area contributed by atoms with E-state index in [-0.39, 0.29) is 5.69 Å². The highest BCUT2D eigenvalue weighted by Crippen LogP contribution is 2.19. The van der Waals surface area contributed by atoms with Gasteiger partial charge in [0.05, 0.1) is 6.07 Å². The maximum atomic E-state index is 10.8. The van der Waals surface area contributed by atoms with E-state index in [9.17, 15) is 4.79 Å². The number of nitrogens with zero attached hydrogens (tertiary/aromatic N) is 1. The minimum Gasteiger partial charge on any atom is -0.477 e. The lowest BCUT2D eigenvalue weighted by molar-refractivity contribution is 0.0691. The van der Waals surface area contributed by atoms with E-state index in [4.69, 9.17) is 22.0 Å². The summed E-state index contributed by atoms with van der Waals surface area (Å²) in [6.45, 7) is 0. The van der Waals surface area contributed by atoms with Gasteiger partial charge < -0.3 is 10.1 Å². The maximum Gasteiger partial charge on any atom is 0.352 e. The molecule has 1 heterocycles. The minimum atomic E-state index is -0.974. The van der Waals surface area contributed by atoms with E-state index in [0.29, 0.717) is 12.8 Å². The average Bonchev–Trinajstić information content (AvgIpc) is 2.79. The molecule has 0 aliphatic rings. The Kier molecular flexibility index (Phi) is 3.54. The van der Waals surface area contributed by atoms with E-state index < -0.39 is 11.3 Å². The fourth-order valence-electron chi connectivity index (χ4n) is 1.81. The molecule has 2 aromatic rings. The molecule has 0 radical (unpaired) electrons. The lowest BCUT2D eigenvalue weighted by Gasteiger charge is -2.01. The van der Waals surface area contributed by atoms with Gasteiger partial charge in [0.1, 0.15) is 11.1 Å². The van der Waals surface area contributed by atoms with E-state index in [1.165, 1.54) is 0 Å². The highest BCUT2D eigenvalue weighted by Gasteiger charge is 2.08. The fraction of sp³-hybridized carbons (Fsp3) is 0.231. The van der Waals surface area contributed by atoms with Crippen molar-refractivity contribution < 1.29 is 9.90 Å². The third-order valence-electron chi connectivity index (χ3n) is 2.74. The Bertz CT molecular complexity index is 627. The number of hydrogen-bond acceptors (Lipinski definition) is 2. The van der Waals surface area contributed by atoms with Gasteiger partial charge in [-0.15, -0.1) is 11.6 Å². The van der Waals surface area contributed by atoms with Crippen molar-refractivity contribution in [3.63, 3.8) is 0 Å². The van der Waals surface area contributed by atoms with Crippen molar-refractivity contribution in [3.05, 3.63) is 35.5 Å². The van der Waals surface area contributed by atoms with Gasteiger partial charge in [0.25, 0.3) is 0 Å². The van der Waals surface area contributed by atoms with Crippen LogP contribution in [0.15, 0.2) is 24.3 Å². The number of halogens is 1. The van der Waals surface area contributed by atoms with E-state index in [0.717, 1.165) is 16.5 Å². The first-order chi connectivity index (χ1) is 8.60. The molecule has 0 bridgehead atoms. The predicted molar refractivity (Wildman–Crippen MR) is 68.8 cm³/mol. The lowest BCUT2D eigenvalue weighted by atomic mass is 10.1. The first-order valence-electron chi connectivity index (χ1n) is 5.49. The van der Waals surface area contributed by atoms with Crippen molar-refractivity contribution in [2.75, 3.05) is 0 Å². The molecule has 92 valence electrons. The molecule has 4 nitrogen and oxygen atoms in total. The molecule has 18 heavy (non-hydrogen) atoms. The van der Waals surface area contributed by atoms with Gasteiger partial charge in [-0.2, -0.15) is 5.26 Å². The van der Waals surface area contributed by atoms with Gasteiger partial charge in [-0.05, 0) is 36.6 Å². The zero-order valence-electron chi connectivity index (χ0n) is 9.48. The summed E-state index contributed by atoms with van der Waals surface area (Å²) in [7, 11) is 0. The van der Waals surface area contributed by atoms with Gasteiger partial charge in [0, 0.05) is 10.9 Å². The fourth-order valence-corrected chi connectivity index (χ4v) is 1.92. The number of nitriles is 1. The molecule has 0 saturated heterocycles. The second-order valence-corrected chi connectivity index (χ2v) is 4.57. The number of hydrogen-bond donors (Lipinski definition) is 2. The predicted octanol–water partition coefficient (Wildman–Crippen LogP) is 2.93. The van der Waals surface area contributed by atoms with Crippen LogP contribution in [-0.4, -0.2) is 21.4 Å². The number of benzene rings is 1. The van der Waals surface area contributed by atoms with Gasteiger partial charge in [0.15, 0.2) is 0 Å². The number of fused-ring (bicyclic) bond motifs is 1. The number of aryl methyl sites for hydroxylation is 1. The molecule has 0 amide bonds. The van der Waals surface area contributed by atoms with Crippen molar-refractivity contribution in [3.8, 4) is 6.07 Å². The van der Waals surface area contributed by atoms with Crippen molar-refractivity contribution in [1.29, 1.82) is 5.26 Å². The third kappa shape index (κ3) is 2.63. The number of aromatic amines is 1. The number of carbonyl (C=O) groups is 1. The van der Waals surface area contributed by atoms with Crippen molar-refractivity contribution in [1.82, 2.24) is 4.98 Å². The van der Waals surface area contributed by atoms with Crippen LogP contribution in [0.1, 0.15) is 22.5 Å². The quantitative estimate of drug-likeness (QED) is 0.832.